The second kappa shape index (κ2) is 7.66. The van der Waals surface area contributed by atoms with Gasteiger partial charge in [-0.15, -0.1) is 0 Å². The number of hydrogen-bond acceptors (Lipinski definition) is 3. The molecule has 1 saturated heterocycles. The van der Waals surface area contributed by atoms with E-state index in [0.717, 1.165) is 43.4 Å². The number of pyridine rings is 1. The Balaban J connectivity index is 1.49. The van der Waals surface area contributed by atoms with Gasteiger partial charge >= 0.3 is 6.03 Å². The van der Waals surface area contributed by atoms with Crippen LogP contribution in [0.25, 0.3) is 0 Å². The smallest absolute Gasteiger partial charge is 0.319 e. The normalized spacial score (nSPS) is 20.3. The molecule has 5 heteroatoms. The van der Waals surface area contributed by atoms with Crippen LogP contribution in [0.3, 0.4) is 0 Å². The molecular formula is C18H28N4O. The summed E-state index contributed by atoms with van der Waals surface area (Å²) < 4.78 is 0. The largest absolute Gasteiger partial charge is 0.357 e. The molecule has 0 spiro atoms. The Labute approximate surface area is 138 Å². The minimum atomic E-state index is -0.113. The Morgan fingerprint density at radius 1 is 1.13 bits per heavy atom. The van der Waals surface area contributed by atoms with Crippen LogP contribution in [0.15, 0.2) is 18.3 Å². The third-order valence-corrected chi connectivity index (χ3v) is 5.05. The number of piperidine rings is 1. The first kappa shape index (κ1) is 16.1. The lowest BCUT2D eigenvalue weighted by atomic mass is 9.96. The van der Waals surface area contributed by atoms with E-state index in [9.17, 15) is 4.79 Å². The zero-order valence-electron chi connectivity index (χ0n) is 14.1. The topological polar surface area (TPSA) is 57.3 Å². The highest BCUT2D eigenvalue weighted by atomic mass is 16.2. The molecule has 1 aromatic rings. The first-order valence-electron chi connectivity index (χ1n) is 8.99. The molecule has 1 aliphatic carbocycles. The van der Waals surface area contributed by atoms with Crippen LogP contribution >= 0.6 is 0 Å². The number of nitrogens with zero attached hydrogens (tertiary/aromatic N) is 2. The molecular weight excluding hydrogens is 288 g/mol. The molecule has 2 heterocycles. The SMILES string of the molecule is CC1CCN(c2ccc(NC(=O)NC3CCCCC3)cn2)CC1. The van der Waals surface area contributed by atoms with Crippen molar-refractivity contribution in [2.24, 2.45) is 5.92 Å². The molecule has 2 aliphatic rings. The average Bonchev–Trinajstić information content (AvgIpc) is 2.57. The van der Waals surface area contributed by atoms with Gasteiger partial charge in [-0.25, -0.2) is 9.78 Å². The number of amides is 2. The van der Waals surface area contributed by atoms with E-state index in [4.69, 9.17) is 0 Å². The number of rotatable bonds is 3. The third kappa shape index (κ3) is 4.60. The van der Waals surface area contributed by atoms with E-state index in [1.54, 1.807) is 6.20 Å². The molecule has 0 unspecified atom stereocenters. The zero-order chi connectivity index (χ0) is 16.1. The van der Waals surface area contributed by atoms with Crippen LogP contribution < -0.4 is 15.5 Å². The van der Waals surface area contributed by atoms with Crippen molar-refractivity contribution in [3.63, 3.8) is 0 Å². The quantitative estimate of drug-likeness (QED) is 0.892. The highest BCUT2D eigenvalue weighted by Crippen LogP contribution is 2.22. The molecule has 23 heavy (non-hydrogen) atoms. The second-order valence-corrected chi connectivity index (χ2v) is 7.01. The van der Waals surface area contributed by atoms with Gasteiger partial charge in [0.05, 0.1) is 11.9 Å². The first-order chi connectivity index (χ1) is 11.2. The van der Waals surface area contributed by atoms with Crippen LogP contribution in [0, 0.1) is 5.92 Å². The van der Waals surface area contributed by atoms with Crippen molar-refractivity contribution in [3.05, 3.63) is 18.3 Å². The summed E-state index contributed by atoms with van der Waals surface area (Å²) in [4.78, 5) is 18.9. The van der Waals surface area contributed by atoms with Crippen molar-refractivity contribution in [1.29, 1.82) is 0 Å². The number of aromatic nitrogens is 1. The molecule has 126 valence electrons. The Bertz CT molecular complexity index is 502. The maximum Gasteiger partial charge on any atom is 0.319 e. The van der Waals surface area contributed by atoms with Gasteiger partial charge in [0.25, 0.3) is 0 Å². The molecule has 2 fully saturated rings. The predicted octanol–water partition coefficient (Wildman–Crippen LogP) is 3.77. The number of carbonyl (C=O) groups excluding carboxylic acids is 1. The van der Waals surface area contributed by atoms with Gasteiger partial charge in [-0.3, -0.25) is 0 Å². The van der Waals surface area contributed by atoms with E-state index < -0.39 is 0 Å². The summed E-state index contributed by atoms with van der Waals surface area (Å²) in [6, 6.07) is 4.16. The van der Waals surface area contributed by atoms with Crippen LogP contribution in [0.1, 0.15) is 51.9 Å². The lowest BCUT2D eigenvalue weighted by molar-refractivity contribution is 0.244. The van der Waals surface area contributed by atoms with Crippen molar-refractivity contribution >= 4 is 17.5 Å². The average molecular weight is 316 g/mol. The van der Waals surface area contributed by atoms with Gasteiger partial charge in [0, 0.05) is 19.1 Å². The molecule has 2 amide bonds. The van der Waals surface area contributed by atoms with Crippen LogP contribution in [-0.2, 0) is 0 Å². The first-order valence-corrected chi connectivity index (χ1v) is 8.99. The van der Waals surface area contributed by atoms with Gasteiger partial charge in [0.2, 0.25) is 0 Å². The number of anilines is 2. The van der Waals surface area contributed by atoms with Gasteiger partial charge in [-0.2, -0.15) is 0 Å². The van der Waals surface area contributed by atoms with E-state index in [-0.39, 0.29) is 6.03 Å². The monoisotopic (exact) mass is 316 g/mol. The minimum absolute atomic E-state index is 0.113. The summed E-state index contributed by atoms with van der Waals surface area (Å²) in [6.07, 6.45) is 10.1. The van der Waals surface area contributed by atoms with Crippen molar-refractivity contribution in [2.75, 3.05) is 23.3 Å². The summed E-state index contributed by atoms with van der Waals surface area (Å²) >= 11 is 0. The standard InChI is InChI=1S/C18H28N4O/c1-14-9-11-22(12-10-14)17-8-7-16(13-19-17)21-18(23)20-15-5-3-2-4-6-15/h7-8,13-15H,2-6,9-12H2,1H3,(H2,20,21,23). The van der Waals surface area contributed by atoms with Crippen LogP contribution in [0.5, 0.6) is 0 Å². The number of urea groups is 1. The van der Waals surface area contributed by atoms with Crippen LogP contribution in [0.4, 0.5) is 16.3 Å². The van der Waals surface area contributed by atoms with Gasteiger partial charge in [-0.05, 0) is 43.7 Å². The number of carbonyl (C=O) groups is 1. The molecule has 0 bridgehead atoms. The predicted molar refractivity (Wildman–Crippen MR) is 93.9 cm³/mol. The van der Waals surface area contributed by atoms with Crippen molar-refractivity contribution < 1.29 is 4.79 Å². The molecule has 3 rings (SSSR count). The zero-order valence-corrected chi connectivity index (χ0v) is 14.1. The molecule has 0 atom stereocenters. The van der Waals surface area contributed by atoms with Crippen LogP contribution in [-0.4, -0.2) is 30.1 Å². The number of nitrogens with one attached hydrogen (secondary N) is 2. The maximum absolute atomic E-state index is 12.0. The van der Waals surface area contributed by atoms with Crippen molar-refractivity contribution in [2.45, 2.75) is 57.9 Å². The molecule has 5 nitrogen and oxygen atoms in total. The molecule has 0 aromatic carbocycles. The second-order valence-electron chi connectivity index (χ2n) is 7.01. The van der Waals surface area contributed by atoms with Gasteiger partial charge in [0.1, 0.15) is 5.82 Å². The molecule has 0 radical (unpaired) electrons. The minimum Gasteiger partial charge on any atom is -0.357 e. The van der Waals surface area contributed by atoms with Crippen molar-refractivity contribution in [1.82, 2.24) is 10.3 Å². The lowest BCUT2D eigenvalue weighted by Gasteiger charge is -2.31. The summed E-state index contributed by atoms with van der Waals surface area (Å²) in [6.45, 7) is 4.45. The Morgan fingerprint density at radius 3 is 2.52 bits per heavy atom. The molecule has 1 saturated carbocycles. The van der Waals surface area contributed by atoms with Gasteiger partial charge in [0.15, 0.2) is 0 Å². The summed E-state index contributed by atoms with van der Waals surface area (Å²) in [5.41, 5.74) is 0.757. The third-order valence-electron chi connectivity index (χ3n) is 5.05. The Morgan fingerprint density at radius 2 is 1.87 bits per heavy atom. The van der Waals surface area contributed by atoms with E-state index in [2.05, 4.69) is 27.4 Å². The van der Waals surface area contributed by atoms with E-state index >= 15 is 0 Å². The fourth-order valence-corrected chi connectivity index (χ4v) is 3.48. The Hall–Kier alpha value is -1.78. The highest BCUT2D eigenvalue weighted by Gasteiger charge is 2.18. The lowest BCUT2D eigenvalue weighted by Crippen LogP contribution is -2.39. The number of hydrogen-bond donors (Lipinski definition) is 2. The molecule has 2 N–H and O–H groups in total. The summed E-state index contributed by atoms with van der Waals surface area (Å²) in [5.74, 6) is 1.82. The fraction of sp³-hybridized carbons (Fsp3) is 0.667. The summed E-state index contributed by atoms with van der Waals surface area (Å²) in [5, 5.41) is 5.96. The van der Waals surface area contributed by atoms with E-state index in [1.165, 1.54) is 32.1 Å². The molecule has 1 aliphatic heterocycles. The maximum atomic E-state index is 12.0. The Kier molecular flexibility index (Phi) is 5.36. The van der Waals surface area contributed by atoms with Crippen molar-refractivity contribution in [3.8, 4) is 0 Å². The van der Waals surface area contributed by atoms with E-state index in [0.29, 0.717) is 6.04 Å². The molecule has 1 aromatic heterocycles. The van der Waals surface area contributed by atoms with Crippen LogP contribution in [0.2, 0.25) is 0 Å². The van der Waals surface area contributed by atoms with Gasteiger partial charge in [-0.1, -0.05) is 26.2 Å². The van der Waals surface area contributed by atoms with Gasteiger partial charge < -0.3 is 15.5 Å². The fourth-order valence-electron chi connectivity index (χ4n) is 3.48. The summed E-state index contributed by atoms with van der Waals surface area (Å²) in [7, 11) is 0. The van der Waals surface area contributed by atoms with E-state index in [1.807, 2.05) is 12.1 Å². The highest BCUT2D eigenvalue weighted by molar-refractivity contribution is 5.89.